The van der Waals surface area contributed by atoms with Crippen LogP contribution in [0.4, 0.5) is 0 Å². The van der Waals surface area contributed by atoms with Crippen molar-refractivity contribution in [1.29, 1.82) is 0 Å². The van der Waals surface area contributed by atoms with Crippen LogP contribution < -0.4 is 0 Å². The molecule has 1 heteroatoms. The highest BCUT2D eigenvalue weighted by Crippen LogP contribution is 2.47. The molecule has 3 aliphatic carbocycles. The lowest BCUT2D eigenvalue weighted by Gasteiger charge is -2.31. The summed E-state index contributed by atoms with van der Waals surface area (Å²) in [5.41, 5.74) is 4.66. The molecule has 0 aromatic heterocycles. The fourth-order valence-corrected chi connectivity index (χ4v) is 5.26. The number of hydrogen-bond donors (Lipinski definition) is 0. The van der Waals surface area contributed by atoms with Gasteiger partial charge < -0.3 is 0 Å². The molecule has 6 atom stereocenters. The lowest BCUT2D eigenvalue weighted by atomic mass is 9.73. The summed E-state index contributed by atoms with van der Waals surface area (Å²) in [7, 11) is 0. The van der Waals surface area contributed by atoms with Crippen molar-refractivity contribution in [2.45, 2.75) is 115 Å². The van der Waals surface area contributed by atoms with E-state index in [0.717, 1.165) is 18.8 Å². The van der Waals surface area contributed by atoms with Crippen LogP contribution in [0.15, 0.2) is 67.0 Å². The lowest BCUT2D eigenvalue weighted by Crippen LogP contribution is -2.24. The van der Waals surface area contributed by atoms with E-state index in [9.17, 15) is 4.79 Å². The van der Waals surface area contributed by atoms with Gasteiger partial charge in [0.2, 0.25) is 0 Å². The third-order valence-corrected chi connectivity index (χ3v) is 7.88. The largest absolute Gasteiger partial charge is 0.299 e. The monoisotopic (exact) mass is 527 g/mol. The number of ketones is 1. The van der Waals surface area contributed by atoms with Gasteiger partial charge in [0.25, 0.3) is 0 Å². The molecule has 1 nitrogen and oxygen atoms in total. The highest BCUT2D eigenvalue weighted by atomic mass is 16.1. The van der Waals surface area contributed by atoms with Gasteiger partial charge in [-0.05, 0) is 72.7 Å². The maximum absolute atomic E-state index is 12.1. The SMILES string of the molecule is C=C=C(C1CC=C[C@@H](C(=O)CC)C1)[C@@H](C)C1CC2C=CC=CC2C1.C=CC(C)C(C)C.CC.CC.CCC.[HH]. The summed E-state index contributed by atoms with van der Waals surface area (Å²) >= 11 is 0. The molecule has 0 N–H and O–H groups in total. The zero-order valence-electron chi connectivity index (χ0n) is 27.2. The molecule has 4 unspecified atom stereocenters. The summed E-state index contributed by atoms with van der Waals surface area (Å²) in [5, 5.41) is 0. The van der Waals surface area contributed by atoms with Crippen LogP contribution in [0, 0.1) is 47.3 Å². The number of fused-ring (bicyclic) bond motifs is 1. The van der Waals surface area contributed by atoms with Gasteiger partial charge in [-0.2, -0.15) is 0 Å². The molecule has 1 saturated carbocycles. The molecular weight excluding hydrogens is 460 g/mol. The first-order chi connectivity index (χ1) is 18.2. The normalized spacial score (nSPS) is 25.7. The Morgan fingerprint density at radius 1 is 0.947 bits per heavy atom. The van der Waals surface area contributed by atoms with Crippen LogP contribution in [-0.2, 0) is 4.79 Å². The van der Waals surface area contributed by atoms with Crippen molar-refractivity contribution in [3.05, 3.63) is 67.0 Å². The van der Waals surface area contributed by atoms with E-state index >= 15 is 0 Å². The van der Waals surface area contributed by atoms with Crippen molar-refractivity contribution in [2.75, 3.05) is 0 Å². The Morgan fingerprint density at radius 3 is 1.82 bits per heavy atom. The number of allylic oxidation sites excluding steroid dienone is 8. The fourth-order valence-electron chi connectivity index (χ4n) is 5.26. The Labute approximate surface area is 240 Å². The molecule has 0 radical (unpaired) electrons. The van der Waals surface area contributed by atoms with E-state index in [1.165, 1.54) is 24.8 Å². The molecular formula is C37H66O. The summed E-state index contributed by atoms with van der Waals surface area (Å²) in [5.74, 6) is 4.99. The summed E-state index contributed by atoms with van der Waals surface area (Å²) in [6.07, 6.45) is 21.9. The number of carbonyl (C=O) groups excluding carboxylic acids is 1. The maximum atomic E-state index is 12.1. The standard InChI is InChI=1S/C23H30O.C7H14.C3H8.2C2H6.H2/c1-4-22(19-11-8-12-20(15-19)23(24)5-2)16(3)21-13-17-9-6-7-10-18(17)14-21;1-5-7(4)6(2)3;1-3-2;2*1-2;/h6-10,12,16-21H,1,5,11,13-15H2,2-3H3;5-7H,1H2,2-4H3;3H2,1-2H3;2*1-2H3;1H/t16-,17?,18?,19?,20+,21?;;;;;/m0...../s1. The second-order valence-electron chi connectivity index (χ2n) is 10.8. The van der Waals surface area contributed by atoms with Gasteiger partial charge in [0.15, 0.2) is 0 Å². The van der Waals surface area contributed by atoms with Crippen molar-refractivity contribution < 1.29 is 6.22 Å². The zero-order chi connectivity index (χ0) is 29.7. The van der Waals surface area contributed by atoms with Crippen LogP contribution in [0.2, 0.25) is 0 Å². The topological polar surface area (TPSA) is 17.1 Å². The lowest BCUT2D eigenvalue weighted by molar-refractivity contribution is -0.121. The highest BCUT2D eigenvalue weighted by molar-refractivity contribution is 5.82. The number of rotatable bonds is 7. The van der Waals surface area contributed by atoms with Gasteiger partial charge in [0.1, 0.15) is 5.78 Å². The number of Topliss-reactive ketones (excluding diaryl/α,β-unsaturated/α-hetero) is 1. The Kier molecular flexibility index (Phi) is 23.3. The van der Waals surface area contributed by atoms with Crippen molar-refractivity contribution in [1.82, 2.24) is 0 Å². The number of carbonyl (C=O) groups is 1. The quantitative estimate of drug-likeness (QED) is 0.238. The molecule has 3 aliphatic rings. The van der Waals surface area contributed by atoms with E-state index in [-0.39, 0.29) is 7.34 Å². The smallest absolute Gasteiger partial charge is 0.139 e. The van der Waals surface area contributed by atoms with Crippen LogP contribution in [0.5, 0.6) is 0 Å². The van der Waals surface area contributed by atoms with Crippen molar-refractivity contribution in [2.24, 2.45) is 47.3 Å². The minimum absolute atomic E-state index is 0. The summed E-state index contributed by atoms with van der Waals surface area (Å²) < 4.78 is 0. The summed E-state index contributed by atoms with van der Waals surface area (Å²) in [6.45, 7) is 30.8. The van der Waals surface area contributed by atoms with Gasteiger partial charge in [0.05, 0.1) is 0 Å². The Morgan fingerprint density at radius 2 is 1.45 bits per heavy atom. The van der Waals surface area contributed by atoms with E-state index in [1.807, 2.05) is 40.7 Å². The van der Waals surface area contributed by atoms with Gasteiger partial charge >= 0.3 is 0 Å². The van der Waals surface area contributed by atoms with Crippen LogP contribution in [-0.4, -0.2) is 5.78 Å². The van der Waals surface area contributed by atoms with Crippen molar-refractivity contribution >= 4 is 5.78 Å². The number of hydrogen-bond acceptors (Lipinski definition) is 1. The first-order valence-corrected chi connectivity index (χ1v) is 15.8. The zero-order valence-corrected chi connectivity index (χ0v) is 27.2. The van der Waals surface area contributed by atoms with Gasteiger partial charge in [-0.3, -0.25) is 4.79 Å². The minimum Gasteiger partial charge on any atom is -0.299 e. The maximum Gasteiger partial charge on any atom is 0.139 e. The predicted molar refractivity (Wildman–Crippen MR) is 175 cm³/mol. The first kappa shape index (κ1) is 38.3. The van der Waals surface area contributed by atoms with Crippen molar-refractivity contribution in [3.63, 3.8) is 0 Å². The van der Waals surface area contributed by atoms with Crippen LogP contribution in [0.1, 0.15) is 116 Å². The molecule has 0 aliphatic heterocycles. The predicted octanol–water partition coefficient (Wildman–Crippen LogP) is 11.8. The van der Waals surface area contributed by atoms with E-state index in [2.05, 4.69) is 96.9 Å². The Bertz CT molecular complexity index is 744. The van der Waals surface area contributed by atoms with E-state index in [4.69, 9.17) is 0 Å². The Hall–Kier alpha value is -1.85. The van der Waals surface area contributed by atoms with Crippen LogP contribution >= 0.6 is 0 Å². The van der Waals surface area contributed by atoms with E-state index in [1.54, 1.807) is 0 Å². The second kappa shape index (κ2) is 23.1. The molecule has 0 saturated heterocycles. The molecule has 38 heavy (non-hydrogen) atoms. The third kappa shape index (κ3) is 13.3. The third-order valence-electron chi connectivity index (χ3n) is 7.88. The summed E-state index contributed by atoms with van der Waals surface area (Å²) in [4.78, 5) is 12.1. The molecule has 220 valence electrons. The van der Waals surface area contributed by atoms with Crippen molar-refractivity contribution in [3.8, 4) is 0 Å². The average Bonchev–Trinajstić information content (AvgIpc) is 3.40. The van der Waals surface area contributed by atoms with E-state index in [0.29, 0.717) is 47.7 Å². The molecule has 1 fully saturated rings. The minimum atomic E-state index is 0. The van der Waals surface area contributed by atoms with Gasteiger partial charge in [-0.15, -0.1) is 12.3 Å². The van der Waals surface area contributed by atoms with Crippen LogP contribution in [0.25, 0.3) is 0 Å². The molecule has 0 aromatic rings. The molecule has 0 bridgehead atoms. The second-order valence-corrected chi connectivity index (χ2v) is 10.8. The first-order valence-electron chi connectivity index (χ1n) is 15.8. The fraction of sp³-hybridized carbons (Fsp3) is 0.676. The average molecular weight is 527 g/mol. The Balaban J connectivity index is -0.000000731. The summed E-state index contributed by atoms with van der Waals surface area (Å²) in [6, 6.07) is 0. The molecule has 0 amide bonds. The highest BCUT2D eigenvalue weighted by Gasteiger charge is 2.37. The molecule has 0 aromatic carbocycles. The molecule has 0 spiro atoms. The van der Waals surface area contributed by atoms with Gasteiger partial charge in [-0.25, -0.2) is 0 Å². The molecule has 3 rings (SSSR count). The van der Waals surface area contributed by atoms with E-state index < -0.39 is 0 Å². The van der Waals surface area contributed by atoms with Gasteiger partial charge in [0, 0.05) is 13.8 Å². The van der Waals surface area contributed by atoms with Gasteiger partial charge in [-0.1, -0.05) is 132 Å². The molecule has 0 heterocycles. The van der Waals surface area contributed by atoms with Crippen LogP contribution in [0.3, 0.4) is 0 Å².